The summed E-state index contributed by atoms with van der Waals surface area (Å²) in [5.41, 5.74) is 1.51. The van der Waals surface area contributed by atoms with Gasteiger partial charge in [-0.1, -0.05) is 39.0 Å². The highest BCUT2D eigenvalue weighted by atomic mass is 16.5. The van der Waals surface area contributed by atoms with Crippen molar-refractivity contribution in [2.24, 2.45) is 0 Å². The van der Waals surface area contributed by atoms with Crippen molar-refractivity contribution in [3.63, 3.8) is 0 Å². The van der Waals surface area contributed by atoms with E-state index in [4.69, 9.17) is 9.47 Å². The van der Waals surface area contributed by atoms with Gasteiger partial charge in [-0.05, 0) is 54.7 Å². The van der Waals surface area contributed by atoms with E-state index in [1.54, 1.807) is 37.4 Å². The van der Waals surface area contributed by atoms with Crippen molar-refractivity contribution in [1.82, 2.24) is 9.38 Å². The second kappa shape index (κ2) is 9.06. The van der Waals surface area contributed by atoms with E-state index in [1.165, 1.54) is 10.5 Å². The van der Waals surface area contributed by atoms with E-state index in [1.807, 2.05) is 25.1 Å². The maximum absolute atomic E-state index is 13.2. The lowest BCUT2D eigenvalue weighted by molar-refractivity contribution is -0.137. The number of aromatic nitrogens is 2. The van der Waals surface area contributed by atoms with Crippen LogP contribution in [0.25, 0.3) is 11.7 Å². The van der Waals surface area contributed by atoms with E-state index in [0.717, 1.165) is 11.1 Å². The molecular weight excluding hydrogens is 406 g/mol. The van der Waals surface area contributed by atoms with E-state index in [0.29, 0.717) is 11.4 Å². The molecule has 0 aliphatic carbocycles. The Labute approximate surface area is 186 Å². The smallest absolute Gasteiger partial charge is 0.348 e. The van der Waals surface area contributed by atoms with Crippen molar-refractivity contribution in [2.45, 2.75) is 40.0 Å². The van der Waals surface area contributed by atoms with Gasteiger partial charge in [0.2, 0.25) is 5.88 Å². The summed E-state index contributed by atoms with van der Waals surface area (Å²) in [6.07, 6.45) is 2.74. The standard InChI is InChI=1S/C25H25N3O4/c1-6-31-24(30)17(15-26)14-20-22(27-21-16(2)8-7-13-28(21)23(20)29)32-19-11-9-18(10-12-19)25(3,4)5/h7-14H,6H2,1-5H3/b17-14+. The Hall–Kier alpha value is -3.92. The Kier molecular flexibility index (Phi) is 6.45. The SMILES string of the molecule is CCOC(=O)/C(C#N)=C/c1c(Oc2ccc(C(C)(C)C)cc2)nc2c(C)cccn2c1=O. The van der Waals surface area contributed by atoms with Gasteiger partial charge in [0, 0.05) is 6.20 Å². The van der Waals surface area contributed by atoms with Crippen molar-refractivity contribution < 1.29 is 14.3 Å². The molecule has 0 unspecified atom stereocenters. The molecular formula is C25H25N3O4. The number of esters is 1. The fourth-order valence-corrected chi connectivity index (χ4v) is 3.12. The summed E-state index contributed by atoms with van der Waals surface area (Å²) in [5, 5.41) is 9.43. The minimum atomic E-state index is -0.816. The number of carbonyl (C=O) groups excluding carboxylic acids is 1. The van der Waals surface area contributed by atoms with Gasteiger partial charge in [0.15, 0.2) is 0 Å². The zero-order valence-corrected chi connectivity index (χ0v) is 18.8. The van der Waals surface area contributed by atoms with E-state index < -0.39 is 11.5 Å². The van der Waals surface area contributed by atoms with Gasteiger partial charge < -0.3 is 9.47 Å². The molecule has 2 heterocycles. The van der Waals surface area contributed by atoms with Crippen LogP contribution in [0, 0.1) is 18.3 Å². The average molecular weight is 431 g/mol. The highest BCUT2D eigenvalue weighted by Gasteiger charge is 2.19. The normalized spacial score (nSPS) is 11.8. The number of hydrogen-bond acceptors (Lipinski definition) is 6. The molecule has 0 fully saturated rings. The third-order valence-electron chi connectivity index (χ3n) is 4.89. The fraction of sp³-hybridized carbons (Fsp3) is 0.280. The maximum atomic E-state index is 13.2. The Bertz CT molecular complexity index is 1290. The number of hydrogen-bond donors (Lipinski definition) is 0. The number of pyridine rings is 1. The monoisotopic (exact) mass is 431 g/mol. The molecule has 0 aliphatic heterocycles. The Balaban J connectivity index is 2.18. The Morgan fingerprint density at radius 2 is 1.91 bits per heavy atom. The molecule has 3 rings (SSSR count). The highest BCUT2D eigenvalue weighted by Crippen LogP contribution is 2.28. The molecule has 0 aliphatic rings. The Morgan fingerprint density at radius 1 is 1.22 bits per heavy atom. The number of carbonyl (C=O) groups is 1. The summed E-state index contributed by atoms with van der Waals surface area (Å²) in [5.74, 6) is -0.332. The van der Waals surface area contributed by atoms with Gasteiger partial charge in [-0.15, -0.1) is 0 Å². The first kappa shape index (κ1) is 22.8. The lowest BCUT2D eigenvalue weighted by Gasteiger charge is -2.19. The van der Waals surface area contributed by atoms with Crippen LogP contribution in [0.3, 0.4) is 0 Å². The van der Waals surface area contributed by atoms with Crippen LogP contribution in [0.15, 0.2) is 53.0 Å². The third-order valence-corrected chi connectivity index (χ3v) is 4.89. The maximum Gasteiger partial charge on any atom is 0.348 e. The second-order valence-electron chi connectivity index (χ2n) is 8.29. The minimum absolute atomic E-state index is 0.00450. The number of fused-ring (bicyclic) bond motifs is 1. The van der Waals surface area contributed by atoms with Crippen molar-refractivity contribution in [2.75, 3.05) is 6.61 Å². The zero-order chi connectivity index (χ0) is 23.5. The molecule has 0 radical (unpaired) electrons. The lowest BCUT2D eigenvalue weighted by atomic mass is 9.87. The van der Waals surface area contributed by atoms with Gasteiger partial charge in [-0.3, -0.25) is 9.20 Å². The summed E-state index contributed by atoms with van der Waals surface area (Å²) in [4.78, 5) is 29.9. The summed E-state index contributed by atoms with van der Waals surface area (Å²) >= 11 is 0. The average Bonchev–Trinajstić information content (AvgIpc) is 2.74. The lowest BCUT2D eigenvalue weighted by Crippen LogP contribution is -2.20. The number of benzene rings is 1. The second-order valence-corrected chi connectivity index (χ2v) is 8.29. The summed E-state index contributed by atoms with van der Waals surface area (Å²) in [6, 6.07) is 12.8. The first-order chi connectivity index (χ1) is 15.2. The molecule has 164 valence electrons. The molecule has 2 aromatic heterocycles. The summed E-state index contributed by atoms with van der Waals surface area (Å²) in [7, 11) is 0. The predicted octanol–water partition coefficient (Wildman–Crippen LogP) is 4.56. The number of nitrogens with zero attached hydrogens (tertiary/aromatic N) is 3. The van der Waals surface area contributed by atoms with Gasteiger partial charge >= 0.3 is 5.97 Å². The third kappa shape index (κ3) is 4.70. The molecule has 0 atom stereocenters. The van der Waals surface area contributed by atoms with Gasteiger partial charge in [0.05, 0.1) is 6.61 Å². The molecule has 0 amide bonds. The van der Waals surface area contributed by atoms with Crippen LogP contribution in [0.2, 0.25) is 0 Å². The van der Waals surface area contributed by atoms with Crippen LogP contribution in [-0.4, -0.2) is 22.0 Å². The van der Waals surface area contributed by atoms with Crippen LogP contribution in [-0.2, 0) is 14.9 Å². The van der Waals surface area contributed by atoms with Crippen molar-refractivity contribution in [3.05, 3.63) is 75.2 Å². The number of rotatable bonds is 5. The van der Waals surface area contributed by atoms with E-state index in [9.17, 15) is 14.9 Å². The molecule has 7 nitrogen and oxygen atoms in total. The van der Waals surface area contributed by atoms with Crippen LogP contribution in [0.4, 0.5) is 0 Å². The van der Waals surface area contributed by atoms with Gasteiger partial charge in [0.1, 0.15) is 28.6 Å². The highest BCUT2D eigenvalue weighted by molar-refractivity contribution is 5.98. The van der Waals surface area contributed by atoms with Crippen LogP contribution >= 0.6 is 0 Å². The van der Waals surface area contributed by atoms with Gasteiger partial charge in [-0.2, -0.15) is 10.2 Å². The largest absolute Gasteiger partial charge is 0.462 e. The summed E-state index contributed by atoms with van der Waals surface area (Å²) < 4.78 is 12.3. The van der Waals surface area contributed by atoms with Crippen LogP contribution in [0.1, 0.15) is 44.4 Å². The zero-order valence-electron chi connectivity index (χ0n) is 18.8. The minimum Gasteiger partial charge on any atom is -0.462 e. The molecule has 0 saturated heterocycles. The topological polar surface area (TPSA) is 93.7 Å². The van der Waals surface area contributed by atoms with E-state index in [2.05, 4.69) is 25.8 Å². The molecule has 0 saturated carbocycles. The molecule has 1 aromatic carbocycles. The fourth-order valence-electron chi connectivity index (χ4n) is 3.12. The van der Waals surface area contributed by atoms with Gasteiger partial charge in [-0.25, -0.2) is 4.79 Å². The van der Waals surface area contributed by atoms with Crippen molar-refractivity contribution >= 4 is 17.7 Å². The summed E-state index contributed by atoms with van der Waals surface area (Å²) in [6.45, 7) is 9.91. The molecule has 0 spiro atoms. The number of aryl methyl sites for hydroxylation is 1. The molecule has 0 N–H and O–H groups in total. The van der Waals surface area contributed by atoms with E-state index in [-0.39, 0.29) is 29.0 Å². The first-order valence-electron chi connectivity index (χ1n) is 10.2. The predicted molar refractivity (Wildman–Crippen MR) is 122 cm³/mol. The molecule has 0 bridgehead atoms. The molecule has 32 heavy (non-hydrogen) atoms. The first-order valence-corrected chi connectivity index (χ1v) is 10.2. The number of nitriles is 1. The van der Waals surface area contributed by atoms with Gasteiger partial charge in [0.25, 0.3) is 5.56 Å². The van der Waals surface area contributed by atoms with E-state index >= 15 is 0 Å². The van der Waals surface area contributed by atoms with Crippen molar-refractivity contribution in [1.29, 1.82) is 5.26 Å². The molecule has 7 heteroatoms. The van der Waals surface area contributed by atoms with Crippen LogP contribution in [0.5, 0.6) is 11.6 Å². The van der Waals surface area contributed by atoms with Crippen LogP contribution < -0.4 is 10.3 Å². The van der Waals surface area contributed by atoms with Crippen molar-refractivity contribution in [3.8, 4) is 17.7 Å². The molecule has 3 aromatic rings. The number of ether oxygens (including phenoxy) is 2. The quantitative estimate of drug-likeness (QED) is 0.334. The Morgan fingerprint density at radius 3 is 2.50 bits per heavy atom.